The molecule has 1 atom stereocenters. The van der Waals surface area contributed by atoms with Crippen molar-refractivity contribution in [2.45, 2.75) is 39.7 Å². The summed E-state index contributed by atoms with van der Waals surface area (Å²) in [5.74, 6) is 0.796. The Morgan fingerprint density at radius 1 is 1.29 bits per heavy atom. The van der Waals surface area contributed by atoms with Crippen LogP contribution >= 0.6 is 0 Å². The standard InChI is InChI=1S/C13H26N2O2/c1-11(2)10-17-9-6-14-12(3)13(16)15-7-4-5-8-15/h11-12,14H,4-10H2,1-3H3. The summed E-state index contributed by atoms with van der Waals surface area (Å²) >= 11 is 0. The average Bonchev–Trinajstić information content (AvgIpc) is 2.80. The average molecular weight is 242 g/mol. The van der Waals surface area contributed by atoms with Crippen molar-refractivity contribution in [1.29, 1.82) is 0 Å². The number of likely N-dealkylation sites (tertiary alicyclic amines) is 1. The molecule has 0 aromatic rings. The lowest BCUT2D eigenvalue weighted by Crippen LogP contribution is -2.44. The Kier molecular flexibility index (Phi) is 6.52. The van der Waals surface area contributed by atoms with Crippen LogP contribution in [0.25, 0.3) is 0 Å². The molecule has 4 heteroatoms. The maximum Gasteiger partial charge on any atom is 0.239 e. The number of rotatable bonds is 7. The van der Waals surface area contributed by atoms with Crippen LogP contribution in [0.4, 0.5) is 0 Å². The molecule has 1 fully saturated rings. The van der Waals surface area contributed by atoms with Gasteiger partial charge in [-0.1, -0.05) is 13.8 Å². The van der Waals surface area contributed by atoms with Gasteiger partial charge in [-0.3, -0.25) is 4.79 Å². The van der Waals surface area contributed by atoms with E-state index in [0.29, 0.717) is 12.5 Å². The molecule has 1 aliphatic heterocycles. The van der Waals surface area contributed by atoms with Gasteiger partial charge in [-0.05, 0) is 25.7 Å². The molecule has 1 N–H and O–H groups in total. The molecule has 0 aromatic heterocycles. The monoisotopic (exact) mass is 242 g/mol. The van der Waals surface area contributed by atoms with Crippen LogP contribution in [0.15, 0.2) is 0 Å². The van der Waals surface area contributed by atoms with Gasteiger partial charge in [0.15, 0.2) is 0 Å². The normalized spacial score (nSPS) is 17.8. The Morgan fingerprint density at radius 3 is 2.53 bits per heavy atom. The minimum atomic E-state index is -0.0873. The largest absolute Gasteiger partial charge is 0.380 e. The van der Waals surface area contributed by atoms with Crippen molar-refractivity contribution in [3.05, 3.63) is 0 Å². The Balaban J connectivity index is 2.07. The van der Waals surface area contributed by atoms with Gasteiger partial charge in [-0.15, -0.1) is 0 Å². The summed E-state index contributed by atoms with van der Waals surface area (Å²) in [6, 6.07) is -0.0873. The molecule has 0 bridgehead atoms. The van der Waals surface area contributed by atoms with Gasteiger partial charge in [0.25, 0.3) is 0 Å². The molecule has 1 amide bonds. The topological polar surface area (TPSA) is 41.6 Å². The molecule has 100 valence electrons. The van der Waals surface area contributed by atoms with E-state index in [1.807, 2.05) is 11.8 Å². The van der Waals surface area contributed by atoms with Crippen LogP contribution < -0.4 is 5.32 Å². The van der Waals surface area contributed by atoms with Crippen molar-refractivity contribution >= 4 is 5.91 Å². The number of nitrogens with zero attached hydrogens (tertiary/aromatic N) is 1. The van der Waals surface area contributed by atoms with Crippen molar-refractivity contribution in [2.24, 2.45) is 5.92 Å². The summed E-state index contributed by atoms with van der Waals surface area (Å²) in [6.45, 7) is 10.3. The summed E-state index contributed by atoms with van der Waals surface area (Å²) in [4.78, 5) is 13.9. The van der Waals surface area contributed by atoms with Gasteiger partial charge in [0.1, 0.15) is 0 Å². The highest BCUT2D eigenvalue weighted by Gasteiger charge is 2.22. The van der Waals surface area contributed by atoms with Crippen LogP contribution in [0, 0.1) is 5.92 Å². The van der Waals surface area contributed by atoms with E-state index in [1.165, 1.54) is 0 Å². The van der Waals surface area contributed by atoms with Crippen LogP contribution in [0.2, 0.25) is 0 Å². The van der Waals surface area contributed by atoms with Gasteiger partial charge < -0.3 is 15.0 Å². The van der Waals surface area contributed by atoms with Gasteiger partial charge in [0.2, 0.25) is 5.91 Å². The Morgan fingerprint density at radius 2 is 1.94 bits per heavy atom. The number of hydrogen-bond acceptors (Lipinski definition) is 3. The third-order valence-corrected chi connectivity index (χ3v) is 2.94. The molecule has 1 saturated heterocycles. The quantitative estimate of drug-likeness (QED) is 0.683. The second-order valence-electron chi connectivity index (χ2n) is 5.18. The molecule has 4 nitrogen and oxygen atoms in total. The van der Waals surface area contributed by atoms with Crippen molar-refractivity contribution in [3.63, 3.8) is 0 Å². The minimum absolute atomic E-state index is 0.0873. The van der Waals surface area contributed by atoms with E-state index >= 15 is 0 Å². The lowest BCUT2D eigenvalue weighted by atomic mass is 10.2. The van der Waals surface area contributed by atoms with E-state index in [1.54, 1.807) is 0 Å². The van der Waals surface area contributed by atoms with Crippen LogP contribution in [-0.2, 0) is 9.53 Å². The molecule has 1 unspecified atom stereocenters. The van der Waals surface area contributed by atoms with Gasteiger partial charge in [-0.25, -0.2) is 0 Å². The first-order valence-corrected chi connectivity index (χ1v) is 6.71. The molecule has 1 aliphatic rings. The first-order chi connectivity index (χ1) is 8.11. The van der Waals surface area contributed by atoms with E-state index in [2.05, 4.69) is 19.2 Å². The number of amides is 1. The molecule has 0 saturated carbocycles. The minimum Gasteiger partial charge on any atom is -0.380 e. The zero-order valence-corrected chi connectivity index (χ0v) is 11.4. The number of hydrogen-bond donors (Lipinski definition) is 1. The lowest BCUT2D eigenvalue weighted by Gasteiger charge is -2.21. The molecular formula is C13H26N2O2. The highest BCUT2D eigenvalue weighted by molar-refractivity contribution is 5.81. The summed E-state index contributed by atoms with van der Waals surface area (Å²) in [6.07, 6.45) is 2.30. The fraction of sp³-hybridized carbons (Fsp3) is 0.923. The summed E-state index contributed by atoms with van der Waals surface area (Å²) in [7, 11) is 0. The van der Waals surface area contributed by atoms with E-state index in [9.17, 15) is 4.79 Å². The molecule has 0 aliphatic carbocycles. The highest BCUT2D eigenvalue weighted by atomic mass is 16.5. The number of ether oxygens (including phenoxy) is 1. The van der Waals surface area contributed by atoms with Crippen molar-refractivity contribution in [1.82, 2.24) is 10.2 Å². The van der Waals surface area contributed by atoms with Crippen molar-refractivity contribution < 1.29 is 9.53 Å². The van der Waals surface area contributed by atoms with Crippen molar-refractivity contribution in [3.8, 4) is 0 Å². The summed E-state index contributed by atoms with van der Waals surface area (Å²) in [5.41, 5.74) is 0. The SMILES string of the molecule is CC(C)COCCNC(C)C(=O)N1CCCC1. The zero-order valence-electron chi connectivity index (χ0n) is 11.4. The Labute approximate surface area is 105 Å². The fourth-order valence-electron chi connectivity index (χ4n) is 1.97. The van der Waals surface area contributed by atoms with Crippen LogP contribution in [0.3, 0.4) is 0 Å². The van der Waals surface area contributed by atoms with Crippen molar-refractivity contribution in [2.75, 3.05) is 32.8 Å². The van der Waals surface area contributed by atoms with E-state index in [-0.39, 0.29) is 11.9 Å². The number of nitrogens with one attached hydrogen (secondary N) is 1. The second kappa shape index (κ2) is 7.67. The third kappa shape index (κ3) is 5.50. The molecule has 17 heavy (non-hydrogen) atoms. The first kappa shape index (κ1) is 14.5. The van der Waals surface area contributed by atoms with Gasteiger partial charge in [-0.2, -0.15) is 0 Å². The predicted octanol–water partition coefficient (Wildman–Crippen LogP) is 1.26. The molecular weight excluding hydrogens is 216 g/mol. The van der Waals surface area contributed by atoms with E-state index in [0.717, 1.165) is 39.1 Å². The molecule has 1 rings (SSSR count). The zero-order chi connectivity index (χ0) is 12.7. The Hall–Kier alpha value is -0.610. The van der Waals surface area contributed by atoms with Crippen LogP contribution in [0.1, 0.15) is 33.6 Å². The second-order valence-corrected chi connectivity index (χ2v) is 5.18. The van der Waals surface area contributed by atoms with Gasteiger partial charge >= 0.3 is 0 Å². The Bertz CT molecular complexity index is 225. The first-order valence-electron chi connectivity index (χ1n) is 6.71. The molecule has 0 spiro atoms. The number of carbonyl (C=O) groups is 1. The fourth-order valence-corrected chi connectivity index (χ4v) is 1.97. The molecule has 0 aromatic carbocycles. The van der Waals surface area contributed by atoms with Gasteiger partial charge in [0.05, 0.1) is 12.6 Å². The lowest BCUT2D eigenvalue weighted by molar-refractivity contribution is -0.132. The van der Waals surface area contributed by atoms with Crippen LogP contribution in [0.5, 0.6) is 0 Å². The predicted molar refractivity (Wildman–Crippen MR) is 68.9 cm³/mol. The van der Waals surface area contributed by atoms with E-state index < -0.39 is 0 Å². The third-order valence-electron chi connectivity index (χ3n) is 2.94. The molecule has 0 radical (unpaired) electrons. The number of carbonyl (C=O) groups excluding carboxylic acids is 1. The van der Waals surface area contributed by atoms with Gasteiger partial charge in [0, 0.05) is 26.2 Å². The smallest absolute Gasteiger partial charge is 0.239 e. The maximum atomic E-state index is 11.9. The maximum absolute atomic E-state index is 11.9. The van der Waals surface area contributed by atoms with Crippen LogP contribution in [-0.4, -0.2) is 49.7 Å². The highest BCUT2D eigenvalue weighted by Crippen LogP contribution is 2.08. The van der Waals surface area contributed by atoms with E-state index in [4.69, 9.17) is 4.74 Å². The summed E-state index contributed by atoms with van der Waals surface area (Å²) < 4.78 is 5.46. The molecule has 1 heterocycles. The summed E-state index contributed by atoms with van der Waals surface area (Å²) in [5, 5.41) is 3.22.